The number of nitrogens with zero attached hydrogens (tertiary/aromatic N) is 6. The number of halogens is 2. The van der Waals surface area contributed by atoms with Crippen molar-refractivity contribution in [3.63, 3.8) is 0 Å². The van der Waals surface area contributed by atoms with E-state index >= 15 is 0 Å². The Kier molecular flexibility index (Phi) is 10.1. The summed E-state index contributed by atoms with van der Waals surface area (Å²) in [5, 5.41) is 17.6. The maximum atomic E-state index is 12.3. The first-order valence-electron chi connectivity index (χ1n) is 19.3. The van der Waals surface area contributed by atoms with Crippen LogP contribution in [0.3, 0.4) is 0 Å². The van der Waals surface area contributed by atoms with Crippen molar-refractivity contribution >= 4 is 57.5 Å². The van der Waals surface area contributed by atoms with Crippen LogP contribution in [0.1, 0.15) is 79.1 Å². The zero-order valence-electron chi connectivity index (χ0n) is 32.9. The van der Waals surface area contributed by atoms with E-state index in [1.54, 1.807) is 12.4 Å². The van der Waals surface area contributed by atoms with Gasteiger partial charge in [0.2, 0.25) is 0 Å². The van der Waals surface area contributed by atoms with Crippen LogP contribution in [0.5, 0.6) is 0 Å². The van der Waals surface area contributed by atoms with E-state index in [4.69, 9.17) is 39.6 Å². The molecule has 0 saturated heterocycles. The molecule has 5 heterocycles. The van der Waals surface area contributed by atoms with Gasteiger partial charge in [-0.2, -0.15) is 5.10 Å². The highest BCUT2D eigenvalue weighted by Crippen LogP contribution is 2.48. The molecule has 0 fully saturated rings. The molecule has 4 aromatic heterocycles. The molecule has 3 atom stereocenters. The molecule has 0 radical (unpaired) electrons. The molecule has 8 rings (SSSR count). The summed E-state index contributed by atoms with van der Waals surface area (Å²) in [6.45, 7) is 17.2. The van der Waals surface area contributed by atoms with E-state index in [2.05, 4.69) is 58.1 Å². The number of carboxylic acid groups (broad SMARTS) is 1. The van der Waals surface area contributed by atoms with E-state index in [0.717, 1.165) is 103 Å². The summed E-state index contributed by atoms with van der Waals surface area (Å²) >= 11 is 13.7. The Labute approximate surface area is 338 Å². The predicted octanol–water partition coefficient (Wildman–Crippen LogP) is 10.1. The van der Waals surface area contributed by atoms with E-state index in [1.807, 2.05) is 55.9 Å². The molecular formula is C45H48Cl2N6O3. The number of allylic oxidation sites excluding steroid dienone is 2. The number of aromatic nitrogens is 5. The number of carboxylic acids is 1. The first-order chi connectivity index (χ1) is 26.8. The number of pyridine rings is 1. The minimum absolute atomic E-state index is 0.00402. The number of rotatable bonds is 10. The highest BCUT2D eigenvalue weighted by atomic mass is 35.5. The van der Waals surface area contributed by atoms with Crippen molar-refractivity contribution in [2.24, 2.45) is 13.0 Å². The summed E-state index contributed by atoms with van der Waals surface area (Å²) in [7, 11) is 1.97. The monoisotopic (exact) mass is 790 g/mol. The molecule has 11 heteroatoms. The fourth-order valence-electron chi connectivity index (χ4n) is 9.10. The average molecular weight is 792 g/mol. The number of hydrogen-bond acceptors (Lipinski definition) is 5. The van der Waals surface area contributed by atoms with Crippen LogP contribution >= 0.6 is 23.2 Å². The molecule has 2 aliphatic carbocycles. The Hall–Kier alpha value is -4.83. The van der Waals surface area contributed by atoms with Gasteiger partial charge in [0.25, 0.3) is 0 Å². The van der Waals surface area contributed by atoms with Crippen LogP contribution in [0.25, 0.3) is 33.8 Å². The zero-order valence-corrected chi connectivity index (χ0v) is 34.4. The van der Waals surface area contributed by atoms with Crippen molar-refractivity contribution in [1.29, 1.82) is 0 Å². The van der Waals surface area contributed by atoms with Crippen molar-refractivity contribution in [3.8, 4) is 11.1 Å². The highest BCUT2D eigenvalue weighted by Gasteiger charge is 2.36. The molecule has 1 aromatic carbocycles. The maximum absolute atomic E-state index is 12.3. The third-order valence-corrected chi connectivity index (χ3v) is 12.8. The van der Waals surface area contributed by atoms with E-state index in [9.17, 15) is 9.90 Å². The average Bonchev–Trinajstić information content (AvgIpc) is 3.78. The van der Waals surface area contributed by atoms with Crippen LogP contribution in [0.2, 0.25) is 5.02 Å². The zero-order chi connectivity index (χ0) is 39.6. The summed E-state index contributed by atoms with van der Waals surface area (Å²) in [4.78, 5) is 18.9. The van der Waals surface area contributed by atoms with Crippen LogP contribution in [-0.2, 0) is 36.0 Å². The maximum Gasteiger partial charge on any atom is 0.310 e. The van der Waals surface area contributed by atoms with Crippen LogP contribution in [0, 0.1) is 19.8 Å². The molecule has 2 unspecified atom stereocenters. The predicted molar refractivity (Wildman–Crippen MR) is 226 cm³/mol. The van der Waals surface area contributed by atoms with Crippen molar-refractivity contribution in [3.05, 3.63) is 122 Å². The Morgan fingerprint density at radius 3 is 2.54 bits per heavy atom. The van der Waals surface area contributed by atoms with Crippen molar-refractivity contribution < 1.29 is 14.6 Å². The van der Waals surface area contributed by atoms with Crippen LogP contribution in [0.15, 0.2) is 77.8 Å². The lowest BCUT2D eigenvalue weighted by Crippen LogP contribution is -2.35. The van der Waals surface area contributed by atoms with Crippen LogP contribution in [-0.4, -0.2) is 54.2 Å². The van der Waals surface area contributed by atoms with E-state index < -0.39 is 11.9 Å². The van der Waals surface area contributed by atoms with Gasteiger partial charge >= 0.3 is 5.97 Å². The number of fused-ring (bicyclic) bond motifs is 4. The van der Waals surface area contributed by atoms with Crippen LogP contribution in [0.4, 0.5) is 5.69 Å². The highest BCUT2D eigenvalue weighted by molar-refractivity contribution is 6.35. The Morgan fingerprint density at radius 1 is 1.07 bits per heavy atom. The molecule has 1 N–H and O–H groups in total. The lowest BCUT2D eigenvalue weighted by Gasteiger charge is -2.38. The van der Waals surface area contributed by atoms with Gasteiger partial charge in [-0.15, -0.1) is 0 Å². The molecular weight excluding hydrogens is 743 g/mol. The molecule has 0 spiro atoms. The fraction of sp³-hybridized carbons (Fsp3) is 0.356. The summed E-state index contributed by atoms with van der Waals surface area (Å²) < 4.78 is 13.0. The van der Waals surface area contributed by atoms with Gasteiger partial charge in [0, 0.05) is 89.9 Å². The lowest BCUT2D eigenvalue weighted by molar-refractivity contribution is -0.140. The minimum atomic E-state index is -0.825. The standard InChI is InChI=1S/C45H48Cl2N6O3/c1-25-19-33(20-26(2)42(25)47)56-18-8-9-34-35-11-12-37(46)41(40-28(4)49-50(7)29(40)5)44(35)53-27(3)22-52(30(6)43(34)53)39-24-51(23-31-14-16-48-17-15-31)38-13-10-32(45(54)55)21-36(38)39/h10-17,19,24,27,32-33H,6,8-9,18,20-23H2,1-5,7H3,(H,54,55)/t27-,32?,33?/m1/s1. The van der Waals surface area contributed by atoms with Crippen molar-refractivity contribution in [2.45, 2.75) is 79.0 Å². The third-order valence-electron chi connectivity index (χ3n) is 11.9. The molecule has 290 valence electrons. The summed E-state index contributed by atoms with van der Waals surface area (Å²) in [6.07, 6.45) is 14.5. The summed E-state index contributed by atoms with van der Waals surface area (Å²) in [5.41, 5.74) is 14.6. The van der Waals surface area contributed by atoms with Gasteiger partial charge in [-0.25, -0.2) is 0 Å². The number of aliphatic carboxylic acids is 1. The van der Waals surface area contributed by atoms with Gasteiger partial charge < -0.3 is 23.9 Å². The first-order valence-corrected chi connectivity index (χ1v) is 20.1. The molecule has 0 saturated carbocycles. The Bertz CT molecular complexity index is 2500. The second-order valence-electron chi connectivity index (χ2n) is 15.6. The number of anilines is 1. The Morgan fingerprint density at radius 2 is 1.84 bits per heavy atom. The minimum Gasteiger partial charge on any atom is -0.481 e. The molecule has 9 nitrogen and oxygen atoms in total. The second-order valence-corrected chi connectivity index (χ2v) is 16.4. The van der Waals surface area contributed by atoms with Crippen molar-refractivity contribution in [1.82, 2.24) is 23.9 Å². The number of ether oxygens (including phenoxy) is 1. The van der Waals surface area contributed by atoms with Gasteiger partial charge in [0.15, 0.2) is 0 Å². The molecule has 0 amide bonds. The Balaban J connectivity index is 1.24. The van der Waals surface area contributed by atoms with Crippen molar-refractivity contribution in [2.75, 3.05) is 18.1 Å². The van der Waals surface area contributed by atoms with Gasteiger partial charge in [-0.1, -0.05) is 53.6 Å². The normalized spacial score (nSPS) is 19.5. The molecule has 0 bridgehead atoms. The van der Waals surface area contributed by atoms with E-state index in [1.165, 1.54) is 5.56 Å². The summed E-state index contributed by atoms with van der Waals surface area (Å²) in [6, 6.07) is 8.22. The van der Waals surface area contributed by atoms with Gasteiger partial charge in [0.1, 0.15) is 0 Å². The quantitative estimate of drug-likeness (QED) is 0.142. The van der Waals surface area contributed by atoms with Gasteiger partial charge in [0.05, 0.1) is 45.3 Å². The number of benzene rings is 1. The molecule has 1 aliphatic heterocycles. The van der Waals surface area contributed by atoms with Crippen LogP contribution < -0.4 is 4.90 Å². The molecule has 56 heavy (non-hydrogen) atoms. The lowest BCUT2D eigenvalue weighted by atomic mass is 9.92. The smallest absolute Gasteiger partial charge is 0.310 e. The molecule has 3 aliphatic rings. The third kappa shape index (κ3) is 6.53. The SMILES string of the molecule is C=C1c2c(CCCOC3C=C(C)C(Cl)=C(C)C3)c3ccc(Cl)c(-c4c(C)nn(C)c4C)c3n2[C@H](C)CN1c1cn(Cc2ccncc2)c2c1CC(C(=O)O)C=C2. The number of hydrogen-bond donors (Lipinski definition) is 1. The van der Waals surface area contributed by atoms with Gasteiger partial charge in [-0.05, 0) is 101 Å². The summed E-state index contributed by atoms with van der Waals surface area (Å²) in [5.74, 6) is -1.43. The van der Waals surface area contributed by atoms with Gasteiger partial charge in [-0.3, -0.25) is 14.5 Å². The first kappa shape index (κ1) is 38.1. The molecule has 5 aromatic rings. The number of aryl methyl sites for hydroxylation is 3. The topological polar surface area (TPSA) is 90.3 Å². The largest absolute Gasteiger partial charge is 0.481 e. The fourth-order valence-corrected chi connectivity index (χ4v) is 9.49. The number of carbonyl (C=O) groups is 1. The second kappa shape index (κ2) is 14.9. The van der Waals surface area contributed by atoms with E-state index in [0.29, 0.717) is 31.1 Å². The van der Waals surface area contributed by atoms with E-state index in [-0.39, 0.29) is 12.1 Å².